The lowest BCUT2D eigenvalue weighted by molar-refractivity contribution is 0.581. The molecule has 0 spiro atoms. The van der Waals surface area contributed by atoms with Gasteiger partial charge in [0.25, 0.3) is 0 Å². The van der Waals surface area contributed by atoms with Gasteiger partial charge in [-0.25, -0.2) is 10.8 Å². The number of rotatable bonds is 11. The van der Waals surface area contributed by atoms with Gasteiger partial charge >= 0.3 is 0 Å². The van der Waals surface area contributed by atoms with Crippen molar-refractivity contribution in [1.82, 2.24) is 9.97 Å². The zero-order valence-corrected chi connectivity index (χ0v) is 12.9. The lowest BCUT2D eigenvalue weighted by Gasteiger charge is -2.08. The van der Waals surface area contributed by atoms with Gasteiger partial charge < -0.3 is 5.32 Å². The number of nitrogens with one attached hydrogen (secondary N) is 2. The van der Waals surface area contributed by atoms with Crippen molar-refractivity contribution >= 4 is 11.8 Å². The summed E-state index contributed by atoms with van der Waals surface area (Å²) in [5.74, 6) is 6.63. The summed E-state index contributed by atoms with van der Waals surface area (Å²) in [6.45, 7) is 5.14. The topological polar surface area (TPSA) is 75.9 Å². The molecule has 5 heteroatoms. The van der Waals surface area contributed by atoms with Crippen LogP contribution in [0.3, 0.4) is 0 Å². The second-order valence-electron chi connectivity index (χ2n) is 5.26. The molecule has 0 aliphatic heterocycles. The third kappa shape index (κ3) is 7.28. The summed E-state index contributed by atoms with van der Waals surface area (Å²) in [7, 11) is 0. The van der Waals surface area contributed by atoms with Crippen LogP contribution in [0, 0.1) is 6.92 Å². The van der Waals surface area contributed by atoms with E-state index >= 15 is 0 Å². The molecule has 1 heterocycles. The minimum absolute atomic E-state index is 0.462. The van der Waals surface area contributed by atoms with E-state index in [1.807, 2.05) is 13.0 Å². The molecule has 0 fully saturated rings. The number of hydrazine groups is 1. The summed E-state index contributed by atoms with van der Waals surface area (Å²) in [5.41, 5.74) is 3.39. The standard InChI is InChI=1S/C15H29N5/c1-3-4-5-6-7-8-9-10-11-17-14-12-13(2)18-15(19-14)20-16/h12H,3-11,16H2,1-2H3,(H2,17,18,19,20). The molecule has 0 atom stereocenters. The summed E-state index contributed by atoms with van der Waals surface area (Å²) in [6, 6.07) is 1.94. The lowest BCUT2D eigenvalue weighted by atomic mass is 10.1. The quantitative estimate of drug-likeness (QED) is 0.328. The minimum Gasteiger partial charge on any atom is -0.370 e. The van der Waals surface area contributed by atoms with Gasteiger partial charge in [-0.1, -0.05) is 51.9 Å². The van der Waals surface area contributed by atoms with Gasteiger partial charge in [-0.05, 0) is 13.3 Å². The first kappa shape index (κ1) is 16.7. The molecule has 0 aliphatic rings. The fraction of sp³-hybridized carbons (Fsp3) is 0.733. The first-order valence-electron chi connectivity index (χ1n) is 7.82. The highest BCUT2D eigenvalue weighted by Crippen LogP contribution is 2.10. The largest absolute Gasteiger partial charge is 0.370 e. The highest BCUT2D eigenvalue weighted by Gasteiger charge is 2.00. The van der Waals surface area contributed by atoms with E-state index in [9.17, 15) is 0 Å². The number of unbranched alkanes of at least 4 members (excludes halogenated alkanes) is 7. The number of hydrogen-bond acceptors (Lipinski definition) is 5. The molecule has 0 unspecified atom stereocenters. The van der Waals surface area contributed by atoms with E-state index in [1.54, 1.807) is 0 Å². The van der Waals surface area contributed by atoms with Crippen molar-refractivity contribution in [2.45, 2.75) is 65.2 Å². The molecule has 4 N–H and O–H groups in total. The molecule has 20 heavy (non-hydrogen) atoms. The van der Waals surface area contributed by atoms with Gasteiger partial charge in [-0.3, -0.25) is 5.43 Å². The Morgan fingerprint density at radius 2 is 1.65 bits per heavy atom. The van der Waals surface area contributed by atoms with Crippen LogP contribution in [0.5, 0.6) is 0 Å². The Kier molecular flexibility index (Phi) is 8.71. The Morgan fingerprint density at radius 3 is 2.30 bits per heavy atom. The number of aryl methyl sites for hydroxylation is 1. The Labute approximate surface area is 122 Å². The van der Waals surface area contributed by atoms with Gasteiger partial charge in [-0.2, -0.15) is 4.98 Å². The number of nitrogens with two attached hydrogens (primary N) is 1. The monoisotopic (exact) mass is 279 g/mol. The third-order valence-corrected chi connectivity index (χ3v) is 3.32. The highest BCUT2D eigenvalue weighted by atomic mass is 15.3. The molecule has 1 aromatic rings. The number of nitrogens with zero attached hydrogens (tertiary/aromatic N) is 2. The summed E-state index contributed by atoms with van der Waals surface area (Å²) in [4.78, 5) is 8.42. The van der Waals surface area contributed by atoms with E-state index in [1.165, 1.54) is 51.4 Å². The first-order valence-corrected chi connectivity index (χ1v) is 7.82. The molecular formula is C15H29N5. The van der Waals surface area contributed by atoms with Gasteiger partial charge in [0.05, 0.1) is 0 Å². The normalized spacial score (nSPS) is 10.6. The van der Waals surface area contributed by atoms with Crippen LogP contribution in [-0.4, -0.2) is 16.5 Å². The Balaban J connectivity index is 2.08. The van der Waals surface area contributed by atoms with E-state index in [-0.39, 0.29) is 0 Å². The van der Waals surface area contributed by atoms with Gasteiger partial charge in [-0.15, -0.1) is 0 Å². The van der Waals surface area contributed by atoms with Crippen LogP contribution in [0.4, 0.5) is 11.8 Å². The summed E-state index contributed by atoms with van der Waals surface area (Å²) >= 11 is 0. The zero-order chi connectivity index (χ0) is 14.6. The molecule has 0 radical (unpaired) electrons. The van der Waals surface area contributed by atoms with Crippen molar-refractivity contribution in [2.75, 3.05) is 17.3 Å². The van der Waals surface area contributed by atoms with E-state index in [4.69, 9.17) is 5.84 Å². The van der Waals surface area contributed by atoms with Crippen LogP contribution in [0.1, 0.15) is 64.0 Å². The SMILES string of the molecule is CCCCCCCCCCNc1cc(C)nc(NN)n1. The number of aromatic nitrogens is 2. The van der Waals surface area contributed by atoms with Crippen molar-refractivity contribution in [3.63, 3.8) is 0 Å². The van der Waals surface area contributed by atoms with Crippen molar-refractivity contribution in [2.24, 2.45) is 5.84 Å². The first-order chi connectivity index (χ1) is 9.76. The number of hydrogen-bond donors (Lipinski definition) is 3. The molecule has 114 valence electrons. The maximum atomic E-state index is 5.33. The fourth-order valence-corrected chi connectivity index (χ4v) is 2.20. The molecule has 0 aliphatic carbocycles. The van der Waals surface area contributed by atoms with Crippen LogP contribution in [0.25, 0.3) is 0 Å². The summed E-state index contributed by atoms with van der Waals surface area (Å²) in [5, 5.41) is 3.32. The fourth-order valence-electron chi connectivity index (χ4n) is 2.20. The van der Waals surface area contributed by atoms with Gasteiger partial charge in [0.2, 0.25) is 5.95 Å². The van der Waals surface area contributed by atoms with Crippen LogP contribution >= 0.6 is 0 Å². The molecular weight excluding hydrogens is 250 g/mol. The molecule has 5 nitrogen and oxygen atoms in total. The van der Waals surface area contributed by atoms with Crippen LogP contribution in [0.2, 0.25) is 0 Å². The highest BCUT2D eigenvalue weighted by molar-refractivity contribution is 5.41. The number of anilines is 2. The predicted octanol–water partition coefficient (Wildman–Crippen LogP) is 3.62. The van der Waals surface area contributed by atoms with Crippen molar-refractivity contribution in [3.8, 4) is 0 Å². The van der Waals surface area contributed by atoms with Crippen LogP contribution in [-0.2, 0) is 0 Å². The summed E-state index contributed by atoms with van der Waals surface area (Å²) in [6.07, 6.45) is 10.7. The molecule has 1 aromatic heterocycles. The molecule has 0 aromatic carbocycles. The maximum Gasteiger partial charge on any atom is 0.239 e. The van der Waals surface area contributed by atoms with Crippen LogP contribution in [0.15, 0.2) is 6.07 Å². The smallest absolute Gasteiger partial charge is 0.239 e. The second kappa shape index (κ2) is 10.4. The average Bonchev–Trinajstić information content (AvgIpc) is 2.45. The maximum absolute atomic E-state index is 5.33. The number of nitrogen functional groups attached to an aromatic ring is 1. The van der Waals surface area contributed by atoms with Crippen molar-refractivity contribution < 1.29 is 0 Å². The molecule has 1 rings (SSSR count). The molecule has 0 saturated heterocycles. The van der Waals surface area contributed by atoms with Crippen LogP contribution < -0.4 is 16.6 Å². The summed E-state index contributed by atoms with van der Waals surface area (Å²) < 4.78 is 0. The molecule has 0 saturated carbocycles. The van der Waals surface area contributed by atoms with E-state index < -0.39 is 0 Å². The van der Waals surface area contributed by atoms with E-state index in [0.29, 0.717) is 5.95 Å². The van der Waals surface area contributed by atoms with Crippen molar-refractivity contribution in [1.29, 1.82) is 0 Å². The Bertz CT molecular complexity index is 367. The minimum atomic E-state index is 0.462. The van der Waals surface area contributed by atoms with Crippen molar-refractivity contribution in [3.05, 3.63) is 11.8 Å². The predicted molar refractivity (Wildman–Crippen MR) is 85.7 cm³/mol. The van der Waals surface area contributed by atoms with E-state index in [0.717, 1.165) is 18.1 Å². The molecule has 0 amide bonds. The van der Waals surface area contributed by atoms with Gasteiger partial charge in [0.1, 0.15) is 5.82 Å². The lowest BCUT2D eigenvalue weighted by Crippen LogP contribution is -2.13. The zero-order valence-electron chi connectivity index (χ0n) is 12.9. The average molecular weight is 279 g/mol. The van der Waals surface area contributed by atoms with Gasteiger partial charge in [0, 0.05) is 18.3 Å². The third-order valence-electron chi connectivity index (χ3n) is 3.32. The Morgan fingerprint density at radius 1 is 1.00 bits per heavy atom. The second-order valence-corrected chi connectivity index (χ2v) is 5.26. The Hall–Kier alpha value is -1.36. The van der Waals surface area contributed by atoms with Gasteiger partial charge in [0.15, 0.2) is 0 Å². The molecule has 0 bridgehead atoms. The van der Waals surface area contributed by atoms with E-state index in [2.05, 4.69) is 27.6 Å².